The Kier molecular flexibility index (Phi) is 3.70. The van der Waals surface area contributed by atoms with Crippen molar-refractivity contribution in [2.75, 3.05) is 7.11 Å². The van der Waals surface area contributed by atoms with Gasteiger partial charge in [-0.25, -0.2) is 0 Å². The summed E-state index contributed by atoms with van der Waals surface area (Å²) in [5.74, 6) is 0.724. The molecule has 0 unspecified atom stereocenters. The molecule has 0 spiro atoms. The van der Waals surface area contributed by atoms with Gasteiger partial charge in [-0.15, -0.1) is 0 Å². The summed E-state index contributed by atoms with van der Waals surface area (Å²) in [5.41, 5.74) is 0.0695. The number of fused-ring (bicyclic) bond motifs is 1. The molecule has 0 saturated heterocycles. The Bertz CT molecular complexity index is 597. The summed E-state index contributed by atoms with van der Waals surface area (Å²) in [6.07, 6.45) is 3.83. The number of ether oxygens (including phenoxy) is 1. The summed E-state index contributed by atoms with van der Waals surface area (Å²) in [7, 11) is 1.61. The van der Waals surface area contributed by atoms with Gasteiger partial charge in [-0.3, -0.25) is 4.79 Å². The molecule has 2 rings (SSSR count). The van der Waals surface area contributed by atoms with Gasteiger partial charge in [0.1, 0.15) is 5.75 Å². The molecule has 0 N–H and O–H groups in total. The highest BCUT2D eigenvalue weighted by atomic mass is 16.5. The molecular formula is C15H19NO2. The second-order valence-electron chi connectivity index (χ2n) is 4.45. The lowest BCUT2D eigenvalue weighted by Gasteiger charge is -2.16. The highest BCUT2D eigenvalue weighted by molar-refractivity contribution is 5.82. The lowest BCUT2D eigenvalue weighted by Crippen LogP contribution is -2.23. The fourth-order valence-electron chi connectivity index (χ4n) is 2.33. The zero-order valence-corrected chi connectivity index (χ0v) is 11.1. The third kappa shape index (κ3) is 2.13. The van der Waals surface area contributed by atoms with Crippen molar-refractivity contribution in [3.05, 3.63) is 40.8 Å². The van der Waals surface area contributed by atoms with Gasteiger partial charge in [0.15, 0.2) is 0 Å². The molecule has 3 nitrogen and oxygen atoms in total. The van der Waals surface area contributed by atoms with E-state index in [1.807, 2.05) is 35.0 Å². The molecule has 0 radical (unpaired) electrons. The molecule has 18 heavy (non-hydrogen) atoms. The van der Waals surface area contributed by atoms with Crippen LogP contribution in [0.2, 0.25) is 0 Å². The van der Waals surface area contributed by atoms with Gasteiger partial charge < -0.3 is 9.30 Å². The van der Waals surface area contributed by atoms with Crippen LogP contribution in [0.5, 0.6) is 5.75 Å². The summed E-state index contributed by atoms with van der Waals surface area (Å²) < 4.78 is 7.02. The van der Waals surface area contributed by atoms with Crippen molar-refractivity contribution in [2.45, 2.75) is 32.7 Å². The van der Waals surface area contributed by atoms with E-state index >= 15 is 0 Å². The predicted molar refractivity (Wildman–Crippen MR) is 74.4 cm³/mol. The van der Waals surface area contributed by atoms with Gasteiger partial charge in [0.05, 0.1) is 12.5 Å². The Labute approximate surface area is 107 Å². The van der Waals surface area contributed by atoms with Crippen LogP contribution in [0, 0.1) is 0 Å². The number of hydrogen-bond donors (Lipinski definition) is 0. The third-order valence-corrected chi connectivity index (χ3v) is 3.48. The van der Waals surface area contributed by atoms with Crippen molar-refractivity contribution in [3.8, 4) is 5.75 Å². The number of pyridine rings is 1. The first-order valence-electron chi connectivity index (χ1n) is 6.40. The normalized spacial score (nSPS) is 11.1. The minimum absolute atomic E-state index is 0.0695. The van der Waals surface area contributed by atoms with E-state index in [1.165, 1.54) is 0 Å². The number of hydrogen-bond acceptors (Lipinski definition) is 2. The number of nitrogens with zero attached hydrogens (tertiary/aromatic N) is 1. The Morgan fingerprint density at radius 1 is 1.22 bits per heavy atom. The first-order chi connectivity index (χ1) is 8.71. The maximum absolute atomic E-state index is 12.5. The molecule has 0 atom stereocenters. The average Bonchev–Trinajstić information content (AvgIpc) is 2.42. The maximum Gasteiger partial charge on any atom is 0.258 e. The zero-order valence-electron chi connectivity index (χ0n) is 11.1. The van der Waals surface area contributed by atoms with E-state index in [9.17, 15) is 4.79 Å². The minimum atomic E-state index is 0.0695. The Morgan fingerprint density at radius 3 is 2.56 bits per heavy atom. The van der Waals surface area contributed by atoms with Crippen LogP contribution < -0.4 is 10.3 Å². The van der Waals surface area contributed by atoms with Gasteiger partial charge in [0.25, 0.3) is 5.56 Å². The lowest BCUT2D eigenvalue weighted by molar-refractivity contribution is 0.415. The molecule has 1 aromatic carbocycles. The third-order valence-electron chi connectivity index (χ3n) is 3.48. The molecule has 0 bridgehead atoms. The van der Waals surface area contributed by atoms with E-state index in [1.54, 1.807) is 7.11 Å². The highest BCUT2D eigenvalue weighted by Crippen LogP contribution is 2.20. The van der Waals surface area contributed by atoms with Crippen LogP contribution in [0.1, 0.15) is 32.7 Å². The summed E-state index contributed by atoms with van der Waals surface area (Å²) in [6, 6.07) is 7.88. The summed E-state index contributed by atoms with van der Waals surface area (Å²) in [4.78, 5) is 12.5. The van der Waals surface area contributed by atoms with Gasteiger partial charge in [0, 0.05) is 12.2 Å². The van der Waals surface area contributed by atoms with Crippen LogP contribution in [0.3, 0.4) is 0 Å². The molecule has 1 aromatic heterocycles. The van der Waals surface area contributed by atoms with E-state index in [0.29, 0.717) is 0 Å². The maximum atomic E-state index is 12.5. The van der Waals surface area contributed by atoms with E-state index in [-0.39, 0.29) is 11.6 Å². The van der Waals surface area contributed by atoms with E-state index in [4.69, 9.17) is 4.74 Å². The molecule has 1 heterocycles. The van der Waals surface area contributed by atoms with Gasteiger partial charge in [0.2, 0.25) is 0 Å². The van der Waals surface area contributed by atoms with Crippen molar-refractivity contribution in [1.29, 1.82) is 0 Å². The van der Waals surface area contributed by atoms with Crippen LogP contribution in [0.25, 0.3) is 10.8 Å². The van der Waals surface area contributed by atoms with Crippen molar-refractivity contribution in [3.63, 3.8) is 0 Å². The molecule has 2 aromatic rings. The van der Waals surface area contributed by atoms with Crippen molar-refractivity contribution < 1.29 is 4.74 Å². The number of methoxy groups -OCH3 is 1. The SMILES string of the molecule is CCC(CC)n1ccc2ccc(OC)cc2c1=O. The summed E-state index contributed by atoms with van der Waals surface area (Å²) in [6.45, 7) is 4.22. The first kappa shape index (κ1) is 12.7. The van der Waals surface area contributed by atoms with Gasteiger partial charge in [-0.05, 0) is 36.4 Å². The van der Waals surface area contributed by atoms with E-state index in [0.717, 1.165) is 29.4 Å². The molecule has 0 fully saturated rings. The minimum Gasteiger partial charge on any atom is -0.497 e. The Morgan fingerprint density at radius 2 is 1.94 bits per heavy atom. The Hall–Kier alpha value is -1.77. The average molecular weight is 245 g/mol. The zero-order chi connectivity index (χ0) is 13.1. The molecule has 0 aliphatic heterocycles. The van der Waals surface area contributed by atoms with Crippen LogP contribution >= 0.6 is 0 Å². The van der Waals surface area contributed by atoms with Crippen LogP contribution in [0.15, 0.2) is 35.3 Å². The van der Waals surface area contributed by atoms with E-state index in [2.05, 4.69) is 13.8 Å². The molecule has 0 amide bonds. The molecule has 0 aliphatic carbocycles. The van der Waals surface area contributed by atoms with Crippen LogP contribution in [-0.2, 0) is 0 Å². The van der Waals surface area contributed by atoms with Crippen molar-refractivity contribution >= 4 is 10.8 Å². The van der Waals surface area contributed by atoms with Crippen LogP contribution in [0.4, 0.5) is 0 Å². The lowest BCUT2D eigenvalue weighted by atomic mass is 10.1. The fourth-order valence-corrected chi connectivity index (χ4v) is 2.33. The standard InChI is InChI=1S/C15H19NO2/c1-4-12(5-2)16-9-8-11-6-7-13(18-3)10-14(11)15(16)17/h6-10,12H,4-5H2,1-3H3. The predicted octanol–water partition coefficient (Wildman–Crippen LogP) is 3.37. The number of benzene rings is 1. The number of aromatic nitrogens is 1. The van der Waals surface area contributed by atoms with E-state index < -0.39 is 0 Å². The molecule has 3 heteroatoms. The van der Waals surface area contributed by atoms with Gasteiger partial charge in [-0.2, -0.15) is 0 Å². The topological polar surface area (TPSA) is 31.2 Å². The first-order valence-corrected chi connectivity index (χ1v) is 6.40. The largest absolute Gasteiger partial charge is 0.497 e. The monoisotopic (exact) mass is 245 g/mol. The summed E-state index contributed by atoms with van der Waals surface area (Å²) >= 11 is 0. The smallest absolute Gasteiger partial charge is 0.258 e. The molecule has 96 valence electrons. The second kappa shape index (κ2) is 5.25. The Balaban J connectivity index is 2.65. The van der Waals surface area contributed by atoms with Crippen molar-refractivity contribution in [1.82, 2.24) is 4.57 Å². The molecule has 0 saturated carbocycles. The molecule has 0 aliphatic rings. The number of rotatable bonds is 4. The summed E-state index contributed by atoms with van der Waals surface area (Å²) in [5, 5.41) is 1.69. The molecular weight excluding hydrogens is 226 g/mol. The quantitative estimate of drug-likeness (QED) is 0.827. The van der Waals surface area contributed by atoms with Gasteiger partial charge in [-0.1, -0.05) is 19.9 Å². The fraction of sp³-hybridized carbons (Fsp3) is 0.400. The van der Waals surface area contributed by atoms with Crippen molar-refractivity contribution in [2.24, 2.45) is 0 Å². The second-order valence-corrected chi connectivity index (χ2v) is 4.45. The van der Waals surface area contributed by atoms with Gasteiger partial charge >= 0.3 is 0 Å². The highest BCUT2D eigenvalue weighted by Gasteiger charge is 2.10. The van der Waals surface area contributed by atoms with Crippen LogP contribution in [-0.4, -0.2) is 11.7 Å².